The van der Waals surface area contributed by atoms with Gasteiger partial charge in [-0.1, -0.05) is 0 Å². The molecule has 0 radical (unpaired) electrons. The molecule has 0 saturated heterocycles. The molecule has 24 heavy (non-hydrogen) atoms. The summed E-state index contributed by atoms with van der Waals surface area (Å²) in [4.78, 5) is 46.1. The van der Waals surface area contributed by atoms with Crippen LogP contribution in [0.2, 0.25) is 0 Å². The monoisotopic (exact) mass is 338 g/mol. The van der Waals surface area contributed by atoms with Crippen LogP contribution < -0.4 is 0 Å². The van der Waals surface area contributed by atoms with Gasteiger partial charge in [0, 0.05) is 12.8 Å². The highest BCUT2D eigenvalue weighted by molar-refractivity contribution is 6.32. The third-order valence-electron chi connectivity index (χ3n) is 5.75. The van der Waals surface area contributed by atoms with Crippen LogP contribution in [-0.4, -0.2) is 41.5 Å². The van der Waals surface area contributed by atoms with Crippen molar-refractivity contribution >= 4 is 23.7 Å². The predicted octanol–water partition coefficient (Wildman–Crippen LogP) is 1.48. The summed E-state index contributed by atoms with van der Waals surface area (Å²) in [6.45, 7) is 0. The maximum atomic E-state index is 12.3. The first-order valence-electron chi connectivity index (χ1n) is 8.34. The SMILES string of the molecule is COC(=O)C12CC3CC(CC(OC(=O)CCC(=O)C(=O)O)(C3)C1)C2. The second-order valence-electron chi connectivity index (χ2n) is 7.62. The van der Waals surface area contributed by atoms with Crippen molar-refractivity contribution in [2.24, 2.45) is 17.3 Å². The number of hydrogen-bond donors (Lipinski definition) is 1. The van der Waals surface area contributed by atoms with Crippen LogP contribution in [0.15, 0.2) is 0 Å². The fourth-order valence-electron chi connectivity index (χ4n) is 5.37. The molecule has 0 aliphatic heterocycles. The van der Waals surface area contributed by atoms with Crippen molar-refractivity contribution in [3.05, 3.63) is 0 Å². The number of ether oxygens (including phenoxy) is 2. The lowest BCUT2D eigenvalue weighted by Gasteiger charge is -2.59. The number of aliphatic carboxylic acids is 1. The van der Waals surface area contributed by atoms with E-state index in [2.05, 4.69) is 0 Å². The zero-order chi connectivity index (χ0) is 17.5. The van der Waals surface area contributed by atoms with Crippen LogP contribution in [0.1, 0.15) is 51.4 Å². The molecule has 0 amide bonds. The lowest BCUT2D eigenvalue weighted by Crippen LogP contribution is -2.59. The fourth-order valence-corrected chi connectivity index (χ4v) is 5.37. The molecule has 2 atom stereocenters. The van der Waals surface area contributed by atoms with Gasteiger partial charge in [-0.15, -0.1) is 0 Å². The van der Waals surface area contributed by atoms with E-state index in [-0.39, 0.29) is 18.8 Å². The minimum Gasteiger partial charge on any atom is -0.476 e. The van der Waals surface area contributed by atoms with Crippen LogP contribution in [0.25, 0.3) is 0 Å². The minimum atomic E-state index is -1.54. The number of esters is 2. The lowest BCUT2D eigenvalue weighted by atomic mass is 9.48. The van der Waals surface area contributed by atoms with Crippen LogP contribution in [-0.2, 0) is 28.7 Å². The summed E-state index contributed by atoms with van der Waals surface area (Å²) >= 11 is 0. The summed E-state index contributed by atoms with van der Waals surface area (Å²) in [6.07, 6.45) is 3.96. The summed E-state index contributed by atoms with van der Waals surface area (Å²) in [5.41, 5.74) is -1.22. The van der Waals surface area contributed by atoms with Crippen molar-refractivity contribution in [3.8, 4) is 0 Å². The molecule has 4 aliphatic carbocycles. The molecule has 0 aromatic rings. The second kappa shape index (κ2) is 5.86. The zero-order valence-electron chi connectivity index (χ0n) is 13.7. The molecule has 0 aromatic carbocycles. The van der Waals surface area contributed by atoms with Crippen LogP contribution in [0, 0.1) is 17.3 Å². The van der Waals surface area contributed by atoms with Gasteiger partial charge in [-0.25, -0.2) is 4.79 Å². The highest BCUT2D eigenvalue weighted by atomic mass is 16.6. The Hall–Kier alpha value is -1.92. The highest BCUT2D eigenvalue weighted by Crippen LogP contribution is 2.63. The Kier molecular flexibility index (Phi) is 4.13. The van der Waals surface area contributed by atoms with Crippen molar-refractivity contribution < 1.29 is 33.8 Å². The van der Waals surface area contributed by atoms with E-state index in [9.17, 15) is 19.2 Å². The first kappa shape index (κ1) is 16.9. The minimum absolute atomic E-state index is 0.224. The average Bonchev–Trinajstić information content (AvgIpc) is 2.49. The first-order valence-corrected chi connectivity index (χ1v) is 8.34. The van der Waals surface area contributed by atoms with E-state index >= 15 is 0 Å². The molecule has 4 saturated carbocycles. The quantitative estimate of drug-likeness (QED) is 0.577. The number of ketones is 1. The molecule has 4 bridgehead atoms. The van der Waals surface area contributed by atoms with Gasteiger partial charge in [0.2, 0.25) is 5.78 Å². The molecular formula is C17H22O7. The Morgan fingerprint density at radius 3 is 2.21 bits per heavy atom. The van der Waals surface area contributed by atoms with E-state index in [1.165, 1.54) is 7.11 Å². The molecule has 7 nitrogen and oxygen atoms in total. The average molecular weight is 338 g/mol. The third kappa shape index (κ3) is 2.91. The van der Waals surface area contributed by atoms with Gasteiger partial charge < -0.3 is 14.6 Å². The summed E-state index contributed by atoms with van der Waals surface area (Å²) < 4.78 is 10.7. The van der Waals surface area contributed by atoms with Gasteiger partial charge in [0.15, 0.2) is 0 Å². The lowest BCUT2D eigenvalue weighted by molar-refractivity contribution is -0.211. The number of carbonyl (C=O) groups is 4. The van der Waals surface area contributed by atoms with Gasteiger partial charge in [0.25, 0.3) is 0 Å². The van der Waals surface area contributed by atoms with Gasteiger partial charge in [0.05, 0.1) is 18.9 Å². The normalized spacial score (nSPS) is 36.2. The molecule has 4 aliphatic rings. The first-order chi connectivity index (χ1) is 11.3. The molecule has 0 spiro atoms. The number of hydrogen-bond acceptors (Lipinski definition) is 6. The Bertz CT molecular complexity index is 580. The molecular weight excluding hydrogens is 316 g/mol. The highest BCUT2D eigenvalue weighted by Gasteiger charge is 2.62. The second-order valence-corrected chi connectivity index (χ2v) is 7.62. The van der Waals surface area contributed by atoms with E-state index in [0.29, 0.717) is 18.3 Å². The van der Waals surface area contributed by atoms with Crippen LogP contribution in [0.4, 0.5) is 0 Å². The molecule has 7 heteroatoms. The largest absolute Gasteiger partial charge is 0.476 e. The number of Topliss-reactive ketones (excluding diaryl/α,β-unsaturated/α-hetero) is 1. The standard InChI is InChI=1S/C17H22O7/c1-23-15(22)16-5-10-4-11(6-16)8-17(7-10,9-16)24-13(19)3-2-12(18)14(20)21/h10-11H,2-9H2,1H3,(H,20,21). The smallest absolute Gasteiger partial charge is 0.372 e. The maximum absolute atomic E-state index is 12.3. The summed E-state index contributed by atoms with van der Waals surface area (Å²) in [6, 6.07) is 0. The van der Waals surface area contributed by atoms with Crippen LogP contribution >= 0.6 is 0 Å². The molecule has 4 rings (SSSR count). The van der Waals surface area contributed by atoms with Gasteiger partial charge in [-0.3, -0.25) is 14.4 Å². The number of methoxy groups -OCH3 is 1. The van der Waals surface area contributed by atoms with Gasteiger partial charge in [0.1, 0.15) is 5.60 Å². The van der Waals surface area contributed by atoms with Crippen molar-refractivity contribution in [1.29, 1.82) is 0 Å². The van der Waals surface area contributed by atoms with E-state index in [0.717, 1.165) is 32.1 Å². The molecule has 132 valence electrons. The maximum Gasteiger partial charge on any atom is 0.372 e. The Morgan fingerprint density at radius 1 is 1.04 bits per heavy atom. The van der Waals surface area contributed by atoms with Crippen molar-refractivity contribution in [2.45, 2.75) is 57.0 Å². The van der Waals surface area contributed by atoms with Crippen molar-refractivity contribution in [2.75, 3.05) is 7.11 Å². The molecule has 1 N–H and O–H groups in total. The van der Waals surface area contributed by atoms with Gasteiger partial charge in [-0.05, 0) is 43.9 Å². The molecule has 0 aromatic heterocycles. The van der Waals surface area contributed by atoms with E-state index in [1.54, 1.807) is 0 Å². The number of carbonyl (C=O) groups excluding carboxylic acids is 3. The summed E-state index contributed by atoms with van der Waals surface area (Å²) in [7, 11) is 1.39. The number of rotatable bonds is 6. The van der Waals surface area contributed by atoms with Gasteiger partial charge in [-0.2, -0.15) is 0 Å². The van der Waals surface area contributed by atoms with E-state index in [4.69, 9.17) is 14.6 Å². The number of carboxylic acids is 1. The summed E-state index contributed by atoms with van der Waals surface area (Å²) in [5, 5.41) is 8.57. The Morgan fingerprint density at radius 2 is 1.67 bits per heavy atom. The fraction of sp³-hybridized carbons (Fsp3) is 0.765. The van der Waals surface area contributed by atoms with Crippen LogP contribution in [0.5, 0.6) is 0 Å². The zero-order valence-corrected chi connectivity index (χ0v) is 13.7. The Labute approximate surface area is 139 Å². The topological polar surface area (TPSA) is 107 Å². The molecule has 4 fully saturated rings. The van der Waals surface area contributed by atoms with Crippen LogP contribution in [0.3, 0.4) is 0 Å². The van der Waals surface area contributed by atoms with Crippen molar-refractivity contribution in [1.82, 2.24) is 0 Å². The predicted molar refractivity (Wildman–Crippen MR) is 79.8 cm³/mol. The van der Waals surface area contributed by atoms with Gasteiger partial charge >= 0.3 is 17.9 Å². The molecule has 2 unspecified atom stereocenters. The third-order valence-corrected chi connectivity index (χ3v) is 5.75. The summed E-state index contributed by atoms with van der Waals surface area (Å²) in [5.74, 6) is -2.63. The van der Waals surface area contributed by atoms with E-state index < -0.39 is 28.7 Å². The number of carboxylic acid groups (broad SMARTS) is 1. The van der Waals surface area contributed by atoms with E-state index in [1.807, 2.05) is 0 Å². The molecule has 0 heterocycles. The van der Waals surface area contributed by atoms with Crippen molar-refractivity contribution in [3.63, 3.8) is 0 Å². The Balaban J connectivity index is 1.69.